The first-order chi connectivity index (χ1) is 15.0. The lowest BCUT2D eigenvalue weighted by atomic mass is 10.0. The van der Waals surface area contributed by atoms with E-state index < -0.39 is 5.82 Å². The second-order valence-corrected chi connectivity index (χ2v) is 7.50. The molecule has 31 heavy (non-hydrogen) atoms. The fourth-order valence-electron chi connectivity index (χ4n) is 3.41. The minimum atomic E-state index is -0.761. The van der Waals surface area contributed by atoms with Crippen molar-refractivity contribution in [2.45, 2.75) is 32.4 Å². The highest BCUT2D eigenvalue weighted by Crippen LogP contribution is 2.34. The molecule has 1 fully saturated rings. The number of anilines is 1. The van der Waals surface area contributed by atoms with Gasteiger partial charge in [0.25, 0.3) is 0 Å². The lowest BCUT2D eigenvalue weighted by Gasteiger charge is -2.09. The van der Waals surface area contributed by atoms with Crippen molar-refractivity contribution in [1.29, 1.82) is 5.26 Å². The smallest absolute Gasteiger partial charge is 0.193 e. The summed E-state index contributed by atoms with van der Waals surface area (Å²) in [6, 6.07) is 9.74. The molecule has 4 aromatic rings. The van der Waals surface area contributed by atoms with E-state index in [0.717, 1.165) is 18.5 Å². The minimum Gasteiger partial charge on any atom is -0.381 e. The fraction of sp³-hybridized carbons (Fsp3) is 0.238. The molecule has 0 atom stereocenters. The molecule has 0 aliphatic heterocycles. The van der Waals surface area contributed by atoms with Gasteiger partial charge in [0.1, 0.15) is 11.4 Å². The largest absolute Gasteiger partial charge is 0.381 e. The molecule has 0 radical (unpaired) electrons. The van der Waals surface area contributed by atoms with E-state index in [4.69, 9.17) is 5.73 Å². The van der Waals surface area contributed by atoms with Gasteiger partial charge in [-0.25, -0.2) is 19.0 Å². The Morgan fingerprint density at radius 3 is 2.87 bits per heavy atom. The van der Waals surface area contributed by atoms with Crippen molar-refractivity contribution >= 4 is 5.82 Å². The molecule has 0 saturated heterocycles. The van der Waals surface area contributed by atoms with Gasteiger partial charge in [0.2, 0.25) is 0 Å². The summed E-state index contributed by atoms with van der Waals surface area (Å²) in [6.45, 7) is 2.19. The summed E-state index contributed by atoms with van der Waals surface area (Å²) in [5, 5.41) is 22.0. The van der Waals surface area contributed by atoms with Crippen molar-refractivity contribution in [2.75, 3.05) is 5.73 Å². The Labute approximate surface area is 177 Å². The third-order valence-corrected chi connectivity index (χ3v) is 5.26. The Bertz CT molecular complexity index is 1330. The Morgan fingerprint density at radius 2 is 2.10 bits per heavy atom. The third kappa shape index (κ3) is 3.50. The Kier molecular flexibility index (Phi) is 4.43. The van der Waals surface area contributed by atoms with Crippen LogP contribution < -0.4 is 5.73 Å². The van der Waals surface area contributed by atoms with Crippen LogP contribution in [0.5, 0.6) is 0 Å². The van der Waals surface area contributed by atoms with Crippen molar-refractivity contribution in [3.63, 3.8) is 0 Å². The molecule has 5 rings (SSSR count). The highest BCUT2D eigenvalue weighted by atomic mass is 19.1. The highest BCUT2D eigenvalue weighted by molar-refractivity contribution is 5.69. The maximum Gasteiger partial charge on any atom is 0.193 e. The first-order valence-electron chi connectivity index (χ1n) is 9.81. The van der Waals surface area contributed by atoms with Crippen LogP contribution in [0.15, 0.2) is 36.7 Å². The summed E-state index contributed by atoms with van der Waals surface area (Å²) >= 11 is 0. The molecule has 3 aromatic heterocycles. The molecule has 1 aromatic carbocycles. The van der Waals surface area contributed by atoms with Crippen molar-refractivity contribution in [3.05, 3.63) is 59.3 Å². The molecule has 0 amide bonds. The van der Waals surface area contributed by atoms with Crippen LogP contribution in [-0.4, -0.2) is 34.7 Å². The molecule has 0 unspecified atom stereocenters. The fourth-order valence-corrected chi connectivity index (χ4v) is 3.41. The molecule has 154 valence electrons. The van der Waals surface area contributed by atoms with Crippen LogP contribution in [0.1, 0.15) is 35.7 Å². The maximum absolute atomic E-state index is 14.8. The second-order valence-electron chi connectivity index (χ2n) is 7.50. The van der Waals surface area contributed by atoms with Crippen LogP contribution in [0.25, 0.3) is 22.8 Å². The number of benzene rings is 1. The number of nitrogens with zero attached hydrogens (tertiary/aromatic N) is 8. The SMILES string of the molecule is Cc1c(C#N)cccc1-c1nc(N)c(F)c(-c2cn(Cc3ccn(C4CC4)n3)nn2)n1. The third-order valence-electron chi connectivity index (χ3n) is 5.26. The number of nitrogens with two attached hydrogens (primary N) is 1. The number of rotatable bonds is 5. The number of nitriles is 1. The molecule has 0 spiro atoms. The standard InChI is InChI=1S/C21H18FN9/c1-12-13(9-23)3-2-4-16(12)21-25-19(18(22)20(24)26-21)17-11-30(29-27-17)10-14-7-8-31(28-14)15-5-6-15/h2-4,7-8,11,15H,5-6,10H2,1H3,(H2,24,25,26). The zero-order valence-corrected chi connectivity index (χ0v) is 16.7. The van der Waals surface area contributed by atoms with E-state index in [-0.39, 0.29) is 23.0 Å². The van der Waals surface area contributed by atoms with E-state index in [0.29, 0.717) is 29.3 Å². The van der Waals surface area contributed by atoms with E-state index in [9.17, 15) is 9.65 Å². The zero-order chi connectivity index (χ0) is 21.5. The summed E-state index contributed by atoms with van der Waals surface area (Å²) in [6.07, 6.45) is 5.87. The highest BCUT2D eigenvalue weighted by Gasteiger charge is 2.24. The van der Waals surface area contributed by atoms with Crippen LogP contribution >= 0.6 is 0 Å². The summed E-state index contributed by atoms with van der Waals surface area (Å²) < 4.78 is 18.3. The summed E-state index contributed by atoms with van der Waals surface area (Å²) in [5.74, 6) is -0.830. The lowest BCUT2D eigenvalue weighted by Crippen LogP contribution is -2.04. The van der Waals surface area contributed by atoms with Gasteiger partial charge in [-0.1, -0.05) is 17.3 Å². The monoisotopic (exact) mass is 415 g/mol. The van der Waals surface area contributed by atoms with Gasteiger partial charge in [-0.3, -0.25) is 4.68 Å². The molecule has 1 aliphatic carbocycles. The molecule has 0 bridgehead atoms. The average molecular weight is 415 g/mol. The van der Waals surface area contributed by atoms with Crippen molar-refractivity contribution in [1.82, 2.24) is 34.7 Å². The van der Waals surface area contributed by atoms with Crippen LogP contribution in [0, 0.1) is 24.1 Å². The number of hydrogen-bond donors (Lipinski definition) is 1. The Morgan fingerprint density at radius 1 is 1.26 bits per heavy atom. The van der Waals surface area contributed by atoms with Crippen LogP contribution in [0.2, 0.25) is 0 Å². The first-order valence-corrected chi connectivity index (χ1v) is 9.81. The lowest BCUT2D eigenvalue weighted by molar-refractivity contribution is 0.595. The maximum atomic E-state index is 14.8. The normalized spacial score (nSPS) is 13.3. The molecule has 3 heterocycles. The van der Waals surface area contributed by atoms with Crippen LogP contribution in [-0.2, 0) is 6.54 Å². The molecule has 9 nitrogen and oxygen atoms in total. The van der Waals surface area contributed by atoms with E-state index in [2.05, 4.69) is 31.4 Å². The van der Waals surface area contributed by atoms with Gasteiger partial charge in [-0.05, 0) is 37.5 Å². The minimum absolute atomic E-state index is 0.0426. The van der Waals surface area contributed by atoms with Gasteiger partial charge in [0.15, 0.2) is 17.5 Å². The Hall–Kier alpha value is -4.13. The van der Waals surface area contributed by atoms with Gasteiger partial charge in [0, 0.05) is 11.8 Å². The second kappa shape index (κ2) is 7.28. The van der Waals surface area contributed by atoms with Crippen molar-refractivity contribution < 1.29 is 4.39 Å². The van der Waals surface area contributed by atoms with E-state index in [1.165, 1.54) is 0 Å². The van der Waals surface area contributed by atoms with Crippen molar-refractivity contribution in [3.8, 4) is 28.8 Å². The molecule has 1 aliphatic rings. The van der Waals surface area contributed by atoms with E-state index >= 15 is 0 Å². The van der Waals surface area contributed by atoms with Crippen LogP contribution in [0.3, 0.4) is 0 Å². The van der Waals surface area contributed by atoms with Gasteiger partial charge in [0.05, 0.1) is 36.1 Å². The molecule has 10 heteroatoms. The molecular formula is C21H18FN9. The first kappa shape index (κ1) is 18.9. The molecule has 1 saturated carbocycles. The summed E-state index contributed by atoms with van der Waals surface area (Å²) in [5.41, 5.74) is 8.65. The number of aromatic nitrogens is 7. The van der Waals surface area contributed by atoms with Crippen LogP contribution in [0.4, 0.5) is 10.2 Å². The summed E-state index contributed by atoms with van der Waals surface area (Å²) in [7, 11) is 0. The van der Waals surface area contributed by atoms with Gasteiger partial charge < -0.3 is 5.73 Å². The predicted octanol–water partition coefficient (Wildman–Crippen LogP) is 2.88. The number of nitrogen functional groups attached to an aromatic ring is 1. The number of hydrogen-bond acceptors (Lipinski definition) is 7. The van der Waals surface area contributed by atoms with E-state index in [1.807, 2.05) is 16.9 Å². The molecular weight excluding hydrogens is 397 g/mol. The zero-order valence-electron chi connectivity index (χ0n) is 16.7. The van der Waals surface area contributed by atoms with Gasteiger partial charge in [-0.2, -0.15) is 10.4 Å². The Balaban J connectivity index is 1.48. The average Bonchev–Trinajstić information content (AvgIpc) is 3.34. The topological polar surface area (TPSA) is 124 Å². The van der Waals surface area contributed by atoms with Gasteiger partial charge in [-0.15, -0.1) is 5.10 Å². The predicted molar refractivity (Wildman–Crippen MR) is 110 cm³/mol. The molecule has 2 N–H and O–H groups in total. The summed E-state index contributed by atoms with van der Waals surface area (Å²) in [4.78, 5) is 8.43. The van der Waals surface area contributed by atoms with Gasteiger partial charge >= 0.3 is 0 Å². The number of halogens is 1. The van der Waals surface area contributed by atoms with Crippen molar-refractivity contribution in [2.24, 2.45) is 0 Å². The quantitative estimate of drug-likeness (QED) is 0.531. The van der Waals surface area contributed by atoms with E-state index in [1.54, 1.807) is 36.0 Å².